The smallest absolute Gasteiger partial charge is 0.0597 e. The van der Waals surface area contributed by atoms with Crippen molar-refractivity contribution in [2.24, 2.45) is 7.05 Å². The zero-order valence-corrected chi connectivity index (χ0v) is 12.5. The van der Waals surface area contributed by atoms with E-state index in [-0.39, 0.29) is 0 Å². The van der Waals surface area contributed by atoms with Gasteiger partial charge >= 0.3 is 0 Å². The minimum Gasteiger partial charge on any atom is -0.312 e. The Morgan fingerprint density at radius 1 is 1.22 bits per heavy atom. The van der Waals surface area contributed by atoms with Crippen molar-refractivity contribution in [1.29, 1.82) is 0 Å². The second kappa shape index (κ2) is 8.30. The molecule has 0 spiro atoms. The average molecular weight is 251 g/mol. The molecule has 1 N–H and O–H groups in total. The zero-order valence-electron chi connectivity index (χ0n) is 12.5. The van der Waals surface area contributed by atoms with Crippen molar-refractivity contribution < 1.29 is 0 Å². The Kier molecular flexibility index (Phi) is 7.02. The molecule has 0 aromatic carbocycles. The van der Waals surface area contributed by atoms with Gasteiger partial charge in [-0.05, 0) is 26.5 Å². The number of unbranched alkanes of at least 4 members (excludes halogenated alkanes) is 5. The summed E-state index contributed by atoms with van der Waals surface area (Å²) in [6, 6.07) is 2.64. The second-order valence-electron chi connectivity index (χ2n) is 5.23. The highest BCUT2D eigenvalue weighted by Gasteiger charge is 2.13. The molecule has 1 aromatic rings. The molecule has 1 heterocycles. The van der Waals surface area contributed by atoms with E-state index in [0.717, 1.165) is 5.69 Å². The maximum atomic E-state index is 4.43. The van der Waals surface area contributed by atoms with Gasteiger partial charge in [0.05, 0.1) is 11.4 Å². The number of aromatic nitrogens is 2. The SMILES string of the molecule is CCCCCCCCC(NC)c1cc(C)nn1C. The molecule has 1 unspecified atom stereocenters. The van der Waals surface area contributed by atoms with Crippen LogP contribution in [0.3, 0.4) is 0 Å². The quantitative estimate of drug-likeness (QED) is 0.678. The second-order valence-corrected chi connectivity index (χ2v) is 5.23. The van der Waals surface area contributed by atoms with Crippen LogP contribution >= 0.6 is 0 Å². The predicted octanol–water partition coefficient (Wildman–Crippen LogP) is 3.74. The molecule has 0 saturated carbocycles. The first-order valence-electron chi connectivity index (χ1n) is 7.36. The van der Waals surface area contributed by atoms with Crippen molar-refractivity contribution >= 4 is 0 Å². The maximum absolute atomic E-state index is 4.43. The minimum absolute atomic E-state index is 0.447. The Hall–Kier alpha value is -0.830. The van der Waals surface area contributed by atoms with E-state index >= 15 is 0 Å². The molecule has 0 aliphatic carbocycles. The van der Waals surface area contributed by atoms with Gasteiger partial charge in [0.25, 0.3) is 0 Å². The molecule has 0 amide bonds. The van der Waals surface area contributed by atoms with Gasteiger partial charge in [-0.3, -0.25) is 4.68 Å². The largest absolute Gasteiger partial charge is 0.312 e. The number of nitrogens with zero attached hydrogens (tertiary/aromatic N) is 2. The lowest BCUT2D eigenvalue weighted by Crippen LogP contribution is -2.19. The van der Waals surface area contributed by atoms with E-state index in [1.165, 1.54) is 50.6 Å². The highest BCUT2D eigenvalue weighted by atomic mass is 15.3. The normalized spacial score (nSPS) is 12.9. The van der Waals surface area contributed by atoms with Crippen LogP contribution in [0.4, 0.5) is 0 Å². The van der Waals surface area contributed by atoms with Crippen LogP contribution in [0.1, 0.15) is 69.3 Å². The van der Waals surface area contributed by atoms with Gasteiger partial charge in [0.1, 0.15) is 0 Å². The summed E-state index contributed by atoms with van der Waals surface area (Å²) in [5.41, 5.74) is 2.42. The molecule has 0 bridgehead atoms. The van der Waals surface area contributed by atoms with Crippen LogP contribution in [0.15, 0.2) is 6.07 Å². The number of hydrogen-bond acceptors (Lipinski definition) is 2. The molecule has 104 valence electrons. The van der Waals surface area contributed by atoms with Gasteiger partial charge in [-0.25, -0.2) is 0 Å². The van der Waals surface area contributed by atoms with E-state index in [2.05, 4.69) is 30.3 Å². The fourth-order valence-corrected chi connectivity index (χ4v) is 2.53. The maximum Gasteiger partial charge on any atom is 0.0597 e. The highest BCUT2D eigenvalue weighted by molar-refractivity contribution is 5.12. The molecule has 1 aromatic heterocycles. The van der Waals surface area contributed by atoms with Gasteiger partial charge in [-0.2, -0.15) is 5.10 Å². The van der Waals surface area contributed by atoms with E-state index in [0.29, 0.717) is 6.04 Å². The van der Waals surface area contributed by atoms with Gasteiger partial charge < -0.3 is 5.32 Å². The first kappa shape index (κ1) is 15.2. The fraction of sp³-hybridized carbons (Fsp3) is 0.800. The van der Waals surface area contributed by atoms with Crippen LogP contribution in [-0.2, 0) is 7.05 Å². The highest BCUT2D eigenvalue weighted by Crippen LogP contribution is 2.20. The summed E-state index contributed by atoms with van der Waals surface area (Å²) in [5, 5.41) is 7.84. The summed E-state index contributed by atoms with van der Waals surface area (Å²) in [6.45, 7) is 4.32. The first-order chi connectivity index (χ1) is 8.69. The molecule has 0 radical (unpaired) electrons. The van der Waals surface area contributed by atoms with Crippen LogP contribution in [0, 0.1) is 6.92 Å². The Morgan fingerprint density at radius 2 is 1.89 bits per heavy atom. The van der Waals surface area contributed by atoms with Gasteiger partial charge in [-0.15, -0.1) is 0 Å². The van der Waals surface area contributed by atoms with Crippen molar-refractivity contribution in [3.8, 4) is 0 Å². The lowest BCUT2D eigenvalue weighted by atomic mass is 10.0. The van der Waals surface area contributed by atoms with Crippen molar-refractivity contribution in [3.63, 3.8) is 0 Å². The monoisotopic (exact) mass is 251 g/mol. The van der Waals surface area contributed by atoms with Crippen LogP contribution in [0.2, 0.25) is 0 Å². The van der Waals surface area contributed by atoms with Crippen molar-refractivity contribution in [3.05, 3.63) is 17.5 Å². The molecule has 0 fully saturated rings. The summed E-state index contributed by atoms with van der Waals surface area (Å²) in [5.74, 6) is 0. The van der Waals surface area contributed by atoms with Gasteiger partial charge in [-0.1, -0.05) is 45.4 Å². The minimum atomic E-state index is 0.447. The molecular weight excluding hydrogens is 222 g/mol. The van der Waals surface area contributed by atoms with E-state index in [4.69, 9.17) is 0 Å². The molecule has 18 heavy (non-hydrogen) atoms. The molecular formula is C15H29N3. The van der Waals surface area contributed by atoms with E-state index < -0.39 is 0 Å². The fourth-order valence-electron chi connectivity index (χ4n) is 2.53. The first-order valence-corrected chi connectivity index (χ1v) is 7.36. The molecule has 3 heteroatoms. The molecule has 0 saturated heterocycles. The Labute approximate surface area is 112 Å². The standard InChI is InChI=1S/C15H29N3/c1-5-6-7-8-9-10-11-14(16-3)15-12-13(2)17-18(15)4/h12,14,16H,5-11H2,1-4H3. The van der Waals surface area contributed by atoms with Crippen molar-refractivity contribution in [2.75, 3.05) is 7.05 Å². The summed E-state index contributed by atoms with van der Waals surface area (Å²) in [6.07, 6.45) is 9.36. The van der Waals surface area contributed by atoms with Gasteiger partial charge in [0.15, 0.2) is 0 Å². The number of rotatable bonds is 9. The molecule has 0 aliphatic heterocycles. The van der Waals surface area contributed by atoms with E-state index in [1.807, 2.05) is 18.8 Å². The van der Waals surface area contributed by atoms with Crippen molar-refractivity contribution in [1.82, 2.24) is 15.1 Å². The number of aryl methyl sites for hydroxylation is 2. The van der Waals surface area contributed by atoms with Gasteiger partial charge in [0.2, 0.25) is 0 Å². The summed E-state index contributed by atoms with van der Waals surface area (Å²) in [7, 11) is 4.08. The number of nitrogens with one attached hydrogen (secondary N) is 1. The molecule has 1 atom stereocenters. The lowest BCUT2D eigenvalue weighted by molar-refractivity contribution is 0.471. The Morgan fingerprint density at radius 3 is 2.44 bits per heavy atom. The van der Waals surface area contributed by atoms with Crippen LogP contribution < -0.4 is 5.32 Å². The van der Waals surface area contributed by atoms with Crippen LogP contribution in [-0.4, -0.2) is 16.8 Å². The van der Waals surface area contributed by atoms with Crippen LogP contribution in [0.25, 0.3) is 0 Å². The Bertz CT molecular complexity index is 330. The predicted molar refractivity (Wildman–Crippen MR) is 77.7 cm³/mol. The average Bonchev–Trinajstić information content (AvgIpc) is 2.68. The van der Waals surface area contributed by atoms with Crippen molar-refractivity contribution in [2.45, 2.75) is 64.8 Å². The third-order valence-electron chi connectivity index (χ3n) is 3.59. The molecule has 1 rings (SSSR count). The summed E-state index contributed by atoms with van der Waals surface area (Å²) < 4.78 is 2.01. The number of hydrogen-bond donors (Lipinski definition) is 1. The third-order valence-corrected chi connectivity index (χ3v) is 3.59. The van der Waals surface area contributed by atoms with Gasteiger partial charge in [0, 0.05) is 13.1 Å². The topological polar surface area (TPSA) is 29.9 Å². The van der Waals surface area contributed by atoms with Crippen LogP contribution in [0.5, 0.6) is 0 Å². The summed E-state index contributed by atoms with van der Waals surface area (Å²) in [4.78, 5) is 0. The van der Waals surface area contributed by atoms with E-state index in [1.54, 1.807) is 0 Å². The molecule has 3 nitrogen and oxygen atoms in total. The Balaban J connectivity index is 2.32. The lowest BCUT2D eigenvalue weighted by Gasteiger charge is -2.16. The third kappa shape index (κ3) is 4.81. The van der Waals surface area contributed by atoms with E-state index in [9.17, 15) is 0 Å². The summed E-state index contributed by atoms with van der Waals surface area (Å²) >= 11 is 0. The molecule has 0 aliphatic rings. The zero-order chi connectivity index (χ0) is 13.4.